The van der Waals surface area contributed by atoms with Crippen LogP contribution in [0.25, 0.3) is 0 Å². The smallest absolute Gasteiger partial charge is 0.0597 e. The van der Waals surface area contributed by atoms with Crippen LogP contribution in [0.4, 0.5) is 0 Å². The molecule has 2 unspecified atom stereocenters. The van der Waals surface area contributed by atoms with Crippen LogP contribution in [0.3, 0.4) is 0 Å². The van der Waals surface area contributed by atoms with E-state index in [1.807, 2.05) is 0 Å². The van der Waals surface area contributed by atoms with E-state index in [9.17, 15) is 5.11 Å². The van der Waals surface area contributed by atoms with E-state index in [4.69, 9.17) is 0 Å². The first-order chi connectivity index (χ1) is 6.79. The highest BCUT2D eigenvalue weighted by Crippen LogP contribution is 2.21. The number of rotatable bonds is 5. The highest BCUT2D eigenvalue weighted by atomic mass is 16.3. The number of aliphatic hydroxyl groups excluding tert-OH is 1. The Morgan fingerprint density at radius 3 is 2.71 bits per heavy atom. The Hall–Kier alpha value is -0.120. The van der Waals surface area contributed by atoms with Crippen LogP contribution in [0.15, 0.2) is 0 Å². The first-order valence-electron chi connectivity index (χ1n) is 5.90. The lowest BCUT2D eigenvalue weighted by atomic mass is 10.2. The Morgan fingerprint density at radius 1 is 1.43 bits per heavy atom. The second kappa shape index (κ2) is 4.60. The summed E-state index contributed by atoms with van der Waals surface area (Å²) in [4.78, 5) is 2.50. The van der Waals surface area contributed by atoms with Crippen molar-refractivity contribution in [1.29, 1.82) is 0 Å². The molecule has 1 aliphatic carbocycles. The monoisotopic (exact) mass is 198 g/mol. The molecule has 2 fully saturated rings. The molecule has 2 atom stereocenters. The third-order valence-electron chi connectivity index (χ3n) is 3.41. The molecule has 3 nitrogen and oxygen atoms in total. The number of hydrogen-bond acceptors (Lipinski definition) is 3. The lowest BCUT2D eigenvalue weighted by Gasteiger charge is -2.26. The Kier molecular flexibility index (Phi) is 3.42. The third kappa shape index (κ3) is 2.69. The summed E-state index contributed by atoms with van der Waals surface area (Å²) in [6.45, 7) is 4.80. The third-order valence-corrected chi connectivity index (χ3v) is 3.41. The Balaban J connectivity index is 1.74. The summed E-state index contributed by atoms with van der Waals surface area (Å²) in [6, 6.07) is 1.71. The average molecular weight is 198 g/mol. The van der Waals surface area contributed by atoms with Crippen LogP contribution in [0.5, 0.6) is 0 Å². The van der Waals surface area contributed by atoms with E-state index in [1.165, 1.54) is 32.2 Å². The molecule has 0 bridgehead atoms. The van der Waals surface area contributed by atoms with Crippen LogP contribution in [0.1, 0.15) is 32.6 Å². The van der Waals surface area contributed by atoms with E-state index in [0.717, 1.165) is 6.54 Å². The van der Waals surface area contributed by atoms with Crippen molar-refractivity contribution in [2.75, 3.05) is 19.7 Å². The van der Waals surface area contributed by atoms with Crippen molar-refractivity contribution in [3.8, 4) is 0 Å². The van der Waals surface area contributed by atoms with Crippen molar-refractivity contribution in [2.24, 2.45) is 0 Å². The zero-order valence-corrected chi connectivity index (χ0v) is 9.08. The van der Waals surface area contributed by atoms with Gasteiger partial charge in [-0.1, -0.05) is 0 Å². The minimum Gasteiger partial charge on any atom is -0.395 e. The Morgan fingerprint density at radius 2 is 2.21 bits per heavy atom. The van der Waals surface area contributed by atoms with Gasteiger partial charge in [0.1, 0.15) is 0 Å². The summed E-state index contributed by atoms with van der Waals surface area (Å²) in [5.74, 6) is 0. The van der Waals surface area contributed by atoms with Gasteiger partial charge >= 0.3 is 0 Å². The van der Waals surface area contributed by atoms with Crippen LogP contribution < -0.4 is 5.32 Å². The van der Waals surface area contributed by atoms with Crippen LogP contribution >= 0.6 is 0 Å². The molecular formula is C11H22N2O. The maximum absolute atomic E-state index is 9.26. The number of likely N-dealkylation sites (tertiary alicyclic amines) is 1. The van der Waals surface area contributed by atoms with Gasteiger partial charge < -0.3 is 10.4 Å². The Bertz CT molecular complexity index is 182. The topological polar surface area (TPSA) is 35.5 Å². The summed E-state index contributed by atoms with van der Waals surface area (Å²) in [6.07, 6.45) is 5.24. The molecule has 0 spiro atoms. The van der Waals surface area contributed by atoms with Crippen molar-refractivity contribution < 1.29 is 5.11 Å². The predicted molar refractivity (Wildman–Crippen MR) is 57.3 cm³/mol. The minimum absolute atomic E-state index is 0.278. The molecule has 0 amide bonds. The summed E-state index contributed by atoms with van der Waals surface area (Å²) in [5, 5.41) is 12.8. The molecule has 0 aromatic carbocycles. The fourth-order valence-electron chi connectivity index (χ4n) is 2.29. The van der Waals surface area contributed by atoms with Gasteiger partial charge in [-0.15, -0.1) is 0 Å². The molecular weight excluding hydrogens is 176 g/mol. The minimum atomic E-state index is 0.278. The molecule has 1 heterocycles. The van der Waals surface area contributed by atoms with Crippen LogP contribution in [-0.4, -0.2) is 47.8 Å². The standard InChI is InChI=1S/C11H22N2O/c1-9-3-2-6-13(9)7-11(8-14)12-10-4-5-10/h9-12,14H,2-8H2,1H3. The van der Waals surface area contributed by atoms with Gasteiger partial charge in [-0.2, -0.15) is 0 Å². The first-order valence-corrected chi connectivity index (χ1v) is 5.90. The van der Waals surface area contributed by atoms with Crippen molar-refractivity contribution in [3.05, 3.63) is 0 Å². The van der Waals surface area contributed by atoms with Gasteiger partial charge in [0.05, 0.1) is 6.61 Å². The van der Waals surface area contributed by atoms with Crippen molar-refractivity contribution in [3.63, 3.8) is 0 Å². The number of hydrogen-bond donors (Lipinski definition) is 2. The fraction of sp³-hybridized carbons (Fsp3) is 1.00. The maximum atomic E-state index is 9.26. The van der Waals surface area contributed by atoms with Crippen molar-refractivity contribution in [1.82, 2.24) is 10.2 Å². The summed E-state index contributed by atoms with van der Waals surface area (Å²) < 4.78 is 0. The lowest BCUT2D eigenvalue weighted by Crippen LogP contribution is -2.45. The molecule has 14 heavy (non-hydrogen) atoms. The first kappa shape index (κ1) is 10.4. The largest absolute Gasteiger partial charge is 0.395 e. The van der Waals surface area contributed by atoms with Crippen LogP contribution in [-0.2, 0) is 0 Å². The molecule has 0 radical (unpaired) electrons. The van der Waals surface area contributed by atoms with Gasteiger partial charge in [-0.05, 0) is 39.2 Å². The summed E-state index contributed by atoms with van der Waals surface area (Å²) in [5.41, 5.74) is 0. The highest BCUT2D eigenvalue weighted by Gasteiger charge is 2.27. The van der Waals surface area contributed by atoms with E-state index in [-0.39, 0.29) is 6.61 Å². The zero-order chi connectivity index (χ0) is 9.97. The van der Waals surface area contributed by atoms with E-state index >= 15 is 0 Å². The van der Waals surface area contributed by atoms with E-state index in [1.54, 1.807) is 0 Å². The van der Waals surface area contributed by atoms with E-state index in [0.29, 0.717) is 18.1 Å². The van der Waals surface area contributed by atoms with E-state index in [2.05, 4.69) is 17.1 Å². The molecule has 2 aliphatic rings. The number of nitrogens with zero attached hydrogens (tertiary/aromatic N) is 1. The second-order valence-electron chi connectivity index (χ2n) is 4.81. The second-order valence-corrected chi connectivity index (χ2v) is 4.81. The molecule has 2 rings (SSSR count). The molecule has 1 saturated heterocycles. The maximum Gasteiger partial charge on any atom is 0.0597 e. The van der Waals surface area contributed by atoms with Gasteiger partial charge in [0.15, 0.2) is 0 Å². The molecule has 82 valence electrons. The number of nitrogens with one attached hydrogen (secondary N) is 1. The highest BCUT2D eigenvalue weighted by molar-refractivity contribution is 4.87. The number of aliphatic hydroxyl groups is 1. The summed E-state index contributed by atoms with van der Waals surface area (Å²) >= 11 is 0. The van der Waals surface area contributed by atoms with Crippen molar-refractivity contribution >= 4 is 0 Å². The lowest BCUT2D eigenvalue weighted by molar-refractivity contribution is 0.176. The molecule has 1 aliphatic heterocycles. The Labute approximate surface area is 86.5 Å². The SMILES string of the molecule is CC1CCCN1CC(CO)NC1CC1. The van der Waals surface area contributed by atoms with Gasteiger partial charge in [-0.25, -0.2) is 0 Å². The average Bonchev–Trinajstić information content (AvgIpc) is 2.90. The zero-order valence-electron chi connectivity index (χ0n) is 9.08. The normalized spacial score (nSPS) is 30.9. The fourth-order valence-corrected chi connectivity index (χ4v) is 2.29. The quantitative estimate of drug-likeness (QED) is 0.678. The molecule has 3 heteroatoms. The van der Waals surface area contributed by atoms with E-state index < -0.39 is 0 Å². The molecule has 0 aromatic rings. The van der Waals surface area contributed by atoms with Crippen LogP contribution in [0.2, 0.25) is 0 Å². The van der Waals surface area contributed by atoms with Crippen molar-refractivity contribution in [2.45, 2.75) is 50.7 Å². The molecule has 0 aromatic heterocycles. The van der Waals surface area contributed by atoms with Gasteiger partial charge in [-0.3, -0.25) is 4.90 Å². The van der Waals surface area contributed by atoms with Gasteiger partial charge in [0.25, 0.3) is 0 Å². The van der Waals surface area contributed by atoms with Gasteiger partial charge in [0.2, 0.25) is 0 Å². The predicted octanol–water partition coefficient (Wildman–Crippen LogP) is 0.584. The van der Waals surface area contributed by atoms with Crippen LogP contribution in [0, 0.1) is 0 Å². The summed E-state index contributed by atoms with van der Waals surface area (Å²) in [7, 11) is 0. The van der Waals surface area contributed by atoms with Gasteiger partial charge in [0, 0.05) is 24.7 Å². The molecule has 2 N–H and O–H groups in total. The molecule has 1 saturated carbocycles.